The largest absolute Gasteiger partial charge is 0.349 e. The standard InChI is InChI=1S/C23H27ClN2O3S/c24-19-8-11-21-18(16-19)7-12-22(21)25-23(27)13-6-17-4-9-20(10-5-17)30(28,29)26-14-2-1-3-15-26/h4-5,8-11,16,22H,1-3,6-7,12-15H2,(H,25,27). The lowest BCUT2D eigenvalue weighted by atomic mass is 10.1. The van der Waals surface area contributed by atoms with Gasteiger partial charge in [-0.15, -0.1) is 0 Å². The van der Waals surface area contributed by atoms with Crippen LogP contribution in [0.4, 0.5) is 0 Å². The van der Waals surface area contributed by atoms with Gasteiger partial charge in [0.25, 0.3) is 0 Å². The predicted octanol–water partition coefficient (Wildman–Crippen LogP) is 4.25. The first-order valence-electron chi connectivity index (χ1n) is 10.6. The van der Waals surface area contributed by atoms with Crippen molar-refractivity contribution in [2.45, 2.75) is 55.9 Å². The molecule has 2 aromatic carbocycles. The summed E-state index contributed by atoms with van der Waals surface area (Å²) in [5.41, 5.74) is 3.32. The first-order valence-corrected chi connectivity index (χ1v) is 12.4. The summed E-state index contributed by atoms with van der Waals surface area (Å²) in [6.07, 6.45) is 5.70. The molecule has 1 amide bonds. The molecule has 0 aromatic heterocycles. The highest BCUT2D eigenvalue weighted by atomic mass is 35.5. The highest BCUT2D eigenvalue weighted by Gasteiger charge is 2.26. The van der Waals surface area contributed by atoms with Crippen LogP contribution in [-0.4, -0.2) is 31.7 Å². The number of benzene rings is 2. The number of fused-ring (bicyclic) bond motifs is 1. The van der Waals surface area contributed by atoms with Crippen LogP contribution in [0.5, 0.6) is 0 Å². The lowest BCUT2D eigenvalue weighted by molar-refractivity contribution is -0.121. The van der Waals surface area contributed by atoms with E-state index in [1.165, 1.54) is 5.56 Å². The molecular weight excluding hydrogens is 420 g/mol. The molecule has 2 aliphatic rings. The fourth-order valence-corrected chi connectivity index (χ4v) is 6.05. The number of amides is 1. The Balaban J connectivity index is 1.32. The van der Waals surface area contributed by atoms with Gasteiger partial charge in [-0.1, -0.05) is 36.2 Å². The van der Waals surface area contributed by atoms with Crippen LogP contribution in [0.2, 0.25) is 5.02 Å². The van der Waals surface area contributed by atoms with E-state index in [4.69, 9.17) is 11.6 Å². The van der Waals surface area contributed by atoms with E-state index in [1.807, 2.05) is 30.3 Å². The van der Waals surface area contributed by atoms with E-state index in [0.29, 0.717) is 30.8 Å². The van der Waals surface area contributed by atoms with Gasteiger partial charge in [-0.3, -0.25) is 4.79 Å². The Morgan fingerprint density at radius 1 is 1.07 bits per heavy atom. The number of hydrogen-bond acceptors (Lipinski definition) is 3. The van der Waals surface area contributed by atoms with Crippen LogP contribution >= 0.6 is 11.6 Å². The fourth-order valence-electron chi connectivity index (χ4n) is 4.34. The Hall–Kier alpha value is -1.89. The lowest BCUT2D eigenvalue weighted by Crippen LogP contribution is -2.35. The molecule has 1 fully saturated rings. The zero-order chi connectivity index (χ0) is 21.1. The Labute approximate surface area is 183 Å². The third kappa shape index (κ3) is 4.71. The molecule has 1 aliphatic heterocycles. The van der Waals surface area contributed by atoms with E-state index >= 15 is 0 Å². The number of carbonyl (C=O) groups is 1. The molecule has 1 saturated heterocycles. The minimum Gasteiger partial charge on any atom is -0.349 e. The zero-order valence-corrected chi connectivity index (χ0v) is 18.5. The molecule has 30 heavy (non-hydrogen) atoms. The van der Waals surface area contributed by atoms with E-state index in [2.05, 4.69) is 5.32 Å². The van der Waals surface area contributed by atoms with Gasteiger partial charge in [0.05, 0.1) is 10.9 Å². The number of sulfonamides is 1. The lowest BCUT2D eigenvalue weighted by Gasteiger charge is -2.25. The average Bonchev–Trinajstić information content (AvgIpc) is 3.14. The summed E-state index contributed by atoms with van der Waals surface area (Å²) < 4.78 is 27.0. The zero-order valence-electron chi connectivity index (χ0n) is 16.9. The molecular formula is C23H27ClN2O3S. The maximum atomic E-state index is 12.7. The molecule has 1 heterocycles. The Kier molecular flexibility index (Phi) is 6.46. The van der Waals surface area contributed by atoms with E-state index < -0.39 is 10.0 Å². The number of aryl methyl sites for hydroxylation is 2. The molecule has 2 aromatic rings. The number of halogens is 1. The number of nitrogens with one attached hydrogen (secondary N) is 1. The van der Waals surface area contributed by atoms with Crippen molar-refractivity contribution in [1.82, 2.24) is 9.62 Å². The summed E-state index contributed by atoms with van der Waals surface area (Å²) in [7, 11) is -3.41. The normalized spacial score (nSPS) is 19.4. The molecule has 1 unspecified atom stereocenters. The second kappa shape index (κ2) is 9.08. The quantitative estimate of drug-likeness (QED) is 0.721. The molecule has 0 saturated carbocycles. The summed E-state index contributed by atoms with van der Waals surface area (Å²) >= 11 is 6.05. The number of piperidine rings is 1. The van der Waals surface area contributed by atoms with Crippen LogP contribution in [0.1, 0.15) is 54.8 Å². The van der Waals surface area contributed by atoms with E-state index in [0.717, 1.165) is 48.3 Å². The molecule has 4 rings (SSSR count). The van der Waals surface area contributed by atoms with Crippen molar-refractivity contribution in [3.8, 4) is 0 Å². The van der Waals surface area contributed by atoms with Gasteiger partial charge < -0.3 is 5.32 Å². The third-order valence-electron chi connectivity index (χ3n) is 6.03. The Morgan fingerprint density at radius 2 is 1.80 bits per heavy atom. The molecule has 1 N–H and O–H groups in total. The van der Waals surface area contributed by atoms with Gasteiger partial charge >= 0.3 is 0 Å². The molecule has 7 heteroatoms. The van der Waals surface area contributed by atoms with Gasteiger partial charge in [0.15, 0.2) is 0 Å². The van der Waals surface area contributed by atoms with Gasteiger partial charge in [0.2, 0.25) is 15.9 Å². The fraction of sp³-hybridized carbons (Fsp3) is 0.435. The van der Waals surface area contributed by atoms with Crippen molar-refractivity contribution in [1.29, 1.82) is 0 Å². The Bertz CT molecular complexity index is 1020. The summed E-state index contributed by atoms with van der Waals surface area (Å²) in [6, 6.07) is 12.8. The van der Waals surface area contributed by atoms with Crippen LogP contribution in [-0.2, 0) is 27.7 Å². The van der Waals surface area contributed by atoms with Crippen molar-refractivity contribution >= 4 is 27.5 Å². The minimum atomic E-state index is -3.41. The van der Waals surface area contributed by atoms with E-state index in [-0.39, 0.29) is 11.9 Å². The molecule has 0 bridgehead atoms. The molecule has 1 atom stereocenters. The van der Waals surface area contributed by atoms with Gasteiger partial charge in [0.1, 0.15) is 0 Å². The molecule has 1 aliphatic carbocycles. The smallest absolute Gasteiger partial charge is 0.243 e. The summed E-state index contributed by atoms with van der Waals surface area (Å²) in [6.45, 7) is 1.20. The number of rotatable bonds is 6. The first kappa shape index (κ1) is 21.3. The summed E-state index contributed by atoms with van der Waals surface area (Å²) in [5, 5.41) is 3.85. The summed E-state index contributed by atoms with van der Waals surface area (Å²) in [4.78, 5) is 12.8. The van der Waals surface area contributed by atoms with Crippen LogP contribution < -0.4 is 5.32 Å². The third-order valence-corrected chi connectivity index (χ3v) is 8.18. The SMILES string of the molecule is O=C(CCc1ccc(S(=O)(=O)N2CCCCC2)cc1)NC1CCc2cc(Cl)ccc21. The molecule has 160 valence electrons. The first-order chi connectivity index (χ1) is 14.4. The minimum absolute atomic E-state index is 0.00724. The highest BCUT2D eigenvalue weighted by Crippen LogP contribution is 2.33. The molecule has 5 nitrogen and oxygen atoms in total. The summed E-state index contributed by atoms with van der Waals surface area (Å²) in [5.74, 6) is 0.00724. The number of nitrogens with zero attached hydrogens (tertiary/aromatic N) is 1. The van der Waals surface area contributed by atoms with Gasteiger partial charge in [0, 0.05) is 24.5 Å². The second-order valence-electron chi connectivity index (χ2n) is 8.11. The molecule has 0 radical (unpaired) electrons. The maximum Gasteiger partial charge on any atom is 0.243 e. The average molecular weight is 447 g/mol. The number of hydrogen-bond donors (Lipinski definition) is 1. The predicted molar refractivity (Wildman–Crippen MR) is 118 cm³/mol. The van der Waals surface area contributed by atoms with E-state index in [9.17, 15) is 13.2 Å². The van der Waals surface area contributed by atoms with Gasteiger partial charge in [-0.05, 0) is 73.1 Å². The van der Waals surface area contributed by atoms with Crippen molar-refractivity contribution in [3.63, 3.8) is 0 Å². The number of carbonyl (C=O) groups excluding carboxylic acids is 1. The highest BCUT2D eigenvalue weighted by molar-refractivity contribution is 7.89. The van der Waals surface area contributed by atoms with Gasteiger partial charge in [-0.2, -0.15) is 4.31 Å². The van der Waals surface area contributed by atoms with Crippen LogP contribution in [0.3, 0.4) is 0 Å². The van der Waals surface area contributed by atoms with Crippen molar-refractivity contribution in [3.05, 3.63) is 64.2 Å². The Morgan fingerprint density at radius 3 is 2.53 bits per heavy atom. The van der Waals surface area contributed by atoms with Crippen LogP contribution in [0.15, 0.2) is 47.4 Å². The van der Waals surface area contributed by atoms with Gasteiger partial charge in [-0.25, -0.2) is 8.42 Å². The van der Waals surface area contributed by atoms with Crippen molar-refractivity contribution < 1.29 is 13.2 Å². The van der Waals surface area contributed by atoms with Crippen LogP contribution in [0.25, 0.3) is 0 Å². The van der Waals surface area contributed by atoms with E-state index in [1.54, 1.807) is 16.4 Å². The maximum absolute atomic E-state index is 12.7. The second-order valence-corrected chi connectivity index (χ2v) is 10.5. The van der Waals surface area contributed by atoms with Crippen molar-refractivity contribution in [2.75, 3.05) is 13.1 Å². The topological polar surface area (TPSA) is 66.5 Å². The van der Waals surface area contributed by atoms with Crippen molar-refractivity contribution in [2.24, 2.45) is 0 Å². The van der Waals surface area contributed by atoms with Crippen LogP contribution in [0, 0.1) is 0 Å². The molecule has 0 spiro atoms. The monoisotopic (exact) mass is 446 g/mol.